The Balaban J connectivity index is 1.98. The summed E-state index contributed by atoms with van der Waals surface area (Å²) in [7, 11) is 1.70. The molecule has 0 spiro atoms. The molecule has 0 amide bonds. The van der Waals surface area contributed by atoms with Crippen molar-refractivity contribution >= 4 is 16.7 Å². The van der Waals surface area contributed by atoms with Gasteiger partial charge in [-0.3, -0.25) is 4.68 Å². The number of alkyl halides is 3. The Morgan fingerprint density at radius 3 is 2.76 bits per heavy atom. The molecular weight excluding hydrogens is 257 g/mol. The molecule has 0 fully saturated rings. The Bertz CT molecular complexity index is 504. The summed E-state index contributed by atoms with van der Waals surface area (Å²) < 4.78 is 41.3. The Morgan fingerprint density at radius 2 is 2.24 bits per heavy atom. The molecule has 10 heteroatoms. The molecule has 0 saturated carbocycles. The molecule has 2 aromatic rings. The second kappa shape index (κ2) is 4.28. The molecule has 2 rings (SSSR count). The maximum atomic E-state index is 12.2. The van der Waals surface area contributed by atoms with Gasteiger partial charge in [0, 0.05) is 18.6 Å². The van der Waals surface area contributed by atoms with E-state index in [0.29, 0.717) is 17.4 Å². The van der Waals surface area contributed by atoms with Gasteiger partial charge in [0.25, 0.3) is 0 Å². The Morgan fingerprint density at radius 1 is 1.47 bits per heavy atom. The van der Waals surface area contributed by atoms with Gasteiger partial charge >= 0.3 is 6.18 Å². The SMILES string of the molecule is Cn1cnc(CNc2nc(C(F)(F)F)ns2)n1. The van der Waals surface area contributed by atoms with Crippen LogP contribution in [0.25, 0.3) is 0 Å². The summed E-state index contributed by atoms with van der Waals surface area (Å²) in [5.41, 5.74) is 0. The number of anilines is 1. The lowest BCUT2D eigenvalue weighted by atomic mass is 10.6. The Kier molecular flexibility index (Phi) is 2.96. The molecule has 0 aliphatic rings. The molecule has 0 saturated heterocycles. The van der Waals surface area contributed by atoms with Gasteiger partial charge in [0.05, 0.1) is 6.54 Å². The predicted octanol–water partition coefficient (Wildman–Crippen LogP) is 1.30. The highest BCUT2D eigenvalue weighted by Gasteiger charge is 2.36. The molecule has 2 heterocycles. The van der Waals surface area contributed by atoms with E-state index in [2.05, 4.69) is 24.8 Å². The number of nitrogens with zero attached hydrogens (tertiary/aromatic N) is 5. The average molecular weight is 264 g/mol. The highest BCUT2D eigenvalue weighted by molar-refractivity contribution is 7.09. The molecule has 1 N–H and O–H groups in total. The van der Waals surface area contributed by atoms with Gasteiger partial charge in [0.1, 0.15) is 6.33 Å². The van der Waals surface area contributed by atoms with E-state index < -0.39 is 12.0 Å². The molecule has 92 valence electrons. The van der Waals surface area contributed by atoms with Gasteiger partial charge in [-0.05, 0) is 0 Å². The largest absolute Gasteiger partial charge is 0.452 e. The van der Waals surface area contributed by atoms with Crippen molar-refractivity contribution in [3.05, 3.63) is 18.0 Å². The van der Waals surface area contributed by atoms with E-state index in [1.54, 1.807) is 7.05 Å². The van der Waals surface area contributed by atoms with Crippen molar-refractivity contribution in [2.45, 2.75) is 12.7 Å². The summed E-state index contributed by atoms with van der Waals surface area (Å²) in [6, 6.07) is 0. The standard InChI is InChI=1S/C7H7F3N6S/c1-16-3-12-4(14-16)2-11-6-13-5(15-17-6)7(8,9)10/h3H,2H2,1H3,(H,11,13,15). The zero-order valence-electron chi connectivity index (χ0n) is 8.56. The molecule has 0 aromatic carbocycles. The lowest BCUT2D eigenvalue weighted by Gasteiger charge is -1.99. The fourth-order valence-electron chi connectivity index (χ4n) is 1.03. The normalized spacial score (nSPS) is 11.8. The first-order valence-corrected chi connectivity index (χ1v) is 5.22. The van der Waals surface area contributed by atoms with Crippen LogP contribution < -0.4 is 5.32 Å². The molecule has 0 bridgehead atoms. The van der Waals surface area contributed by atoms with Crippen LogP contribution in [0.2, 0.25) is 0 Å². The van der Waals surface area contributed by atoms with Crippen molar-refractivity contribution in [3.63, 3.8) is 0 Å². The second-order valence-electron chi connectivity index (χ2n) is 3.11. The minimum Gasteiger partial charge on any atom is -0.353 e. The van der Waals surface area contributed by atoms with Crippen molar-refractivity contribution in [2.75, 3.05) is 5.32 Å². The van der Waals surface area contributed by atoms with Crippen molar-refractivity contribution in [1.82, 2.24) is 24.1 Å². The van der Waals surface area contributed by atoms with Crippen molar-refractivity contribution in [3.8, 4) is 0 Å². The molecular formula is C7H7F3N6S. The van der Waals surface area contributed by atoms with E-state index >= 15 is 0 Å². The number of rotatable bonds is 3. The van der Waals surface area contributed by atoms with Crippen LogP contribution in [0.4, 0.5) is 18.3 Å². The van der Waals surface area contributed by atoms with E-state index in [-0.39, 0.29) is 11.7 Å². The van der Waals surface area contributed by atoms with Gasteiger partial charge in [-0.15, -0.1) is 0 Å². The summed E-state index contributed by atoms with van der Waals surface area (Å²) in [5, 5.41) is 6.72. The third-order valence-electron chi connectivity index (χ3n) is 1.72. The van der Waals surface area contributed by atoms with Gasteiger partial charge in [-0.1, -0.05) is 0 Å². The minimum atomic E-state index is -4.51. The van der Waals surface area contributed by atoms with Crippen LogP contribution in [0.3, 0.4) is 0 Å². The molecule has 2 aromatic heterocycles. The Hall–Kier alpha value is -1.71. The van der Waals surface area contributed by atoms with Gasteiger partial charge in [-0.2, -0.15) is 27.6 Å². The number of hydrogen-bond donors (Lipinski definition) is 1. The molecule has 0 radical (unpaired) electrons. The maximum absolute atomic E-state index is 12.2. The van der Waals surface area contributed by atoms with Crippen LogP contribution in [0.15, 0.2) is 6.33 Å². The number of nitrogens with one attached hydrogen (secondary N) is 1. The van der Waals surface area contributed by atoms with Gasteiger partial charge < -0.3 is 5.32 Å². The zero-order chi connectivity index (χ0) is 12.5. The number of halogens is 3. The van der Waals surface area contributed by atoms with Crippen LogP contribution in [0.1, 0.15) is 11.6 Å². The van der Waals surface area contributed by atoms with Crippen LogP contribution in [0.5, 0.6) is 0 Å². The quantitative estimate of drug-likeness (QED) is 0.904. The third-order valence-corrected chi connectivity index (χ3v) is 2.40. The smallest absolute Gasteiger partial charge is 0.353 e. The van der Waals surface area contributed by atoms with E-state index in [1.807, 2.05) is 0 Å². The lowest BCUT2D eigenvalue weighted by molar-refractivity contribution is -0.144. The molecule has 0 aliphatic heterocycles. The minimum absolute atomic E-state index is 0.0878. The Labute approximate surface area is 97.7 Å². The summed E-state index contributed by atoms with van der Waals surface area (Å²) in [4.78, 5) is 7.22. The summed E-state index contributed by atoms with van der Waals surface area (Å²) in [6.45, 7) is 0.202. The number of aromatic nitrogens is 5. The molecule has 0 unspecified atom stereocenters. The van der Waals surface area contributed by atoms with E-state index in [0.717, 1.165) is 0 Å². The van der Waals surface area contributed by atoms with Crippen LogP contribution >= 0.6 is 11.5 Å². The van der Waals surface area contributed by atoms with E-state index in [9.17, 15) is 13.2 Å². The van der Waals surface area contributed by atoms with Crippen molar-refractivity contribution in [1.29, 1.82) is 0 Å². The number of hydrogen-bond acceptors (Lipinski definition) is 6. The monoisotopic (exact) mass is 264 g/mol. The van der Waals surface area contributed by atoms with Crippen LogP contribution in [-0.2, 0) is 19.8 Å². The zero-order valence-corrected chi connectivity index (χ0v) is 9.38. The topological polar surface area (TPSA) is 68.5 Å². The van der Waals surface area contributed by atoms with E-state index in [4.69, 9.17) is 0 Å². The average Bonchev–Trinajstić information content (AvgIpc) is 2.82. The first-order valence-electron chi connectivity index (χ1n) is 4.44. The fourth-order valence-corrected chi connectivity index (χ4v) is 1.61. The van der Waals surface area contributed by atoms with E-state index in [1.165, 1.54) is 11.0 Å². The molecule has 17 heavy (non-hydrogen) atoms. The molecule has 0 aliphatic carbocycles. The first-order chi connectivity index (χ1) is 7.95. The van der Waals surface area contributed by atoms with Crippen molar-refractivity contribution in [2.24, 2.45) is 7.05 Å². The fraction of sp³-hybridized carbons (Fsp3) is 0.429. The van der Waals surface area contributed by atoms with Gasteiger partial charge in [0.2, 0.25) is 11.0 Å². The predicted molar refractivity (Wildman–Crippen MR) is 53.2 cm³/mol. The third kappa shape index (κ3) is 2.90. The van der Waals surface area contributed by atoms with Crippen LogP contribution in [-0.4, -0.2) is 24.1 Å². The highest BCUT2D eigenvalue weighted by Crippen LogP contribution is 2.28. The van der Waals surface area contributed by atoms with Gasteiger partial charge in [-0.25, -0.2) is 4.98 Å². The summed E-state index contributed by atoms with van der Waals surface area (Å²) in [5.74, 6) is -0.671. The lowest BCUT2D eigenvalue weighted by Crippen LogP contribution is -2.08. The van der Waals surface area contributed by atoms with Crippen molar-refractivity contribution < 1.29 is 13.2 Å². The van der Waals surface area contributed by atoms with Crippen LogP contribution in [0, 0.1) is 0 Å². The molecule has 6 nitrogen and oxygen atoms in total. The molecule has 0 atom stereocenters. The second-order valence-corrected chi connectivity index (χ2v) is 3.86. The highest BCUT2D eigenvalue weighted by atomic mass is 32.1. The first kappa shape index (κ1) is 11.8. The summed E-state index contributed by atoms with van der Waals surface area (Å²) in [6.07, 6.45) is -3.02. The van der Waals surface area contributed by atoms with Gasteiger partial charge in [0.15, 0.2) is 5.82 Å². The summed E-state index contributed by atoms with van der Waals surface area (Å²) >= 11 is 0.648. The number of aryl methyl sites for hydroxylation is 1. The maximum Gasteiger partial charge on any atom is 0.452 e.